The first-order valence-corrected chi connectivity index (χ1v) is 9.23. The Morgan fingerprint density at radius 1 is 1.27 bits per heavy atom. The van der Waals surface area contributed by atoms with Crippen molar-refractivity contribution < 1.29 is 9.59 Å². The van der Waals surface area contributed by atoms with Gasteiger partial charge in [0.05, 0.1) is 12.1 Å². The number of fused-ring (bicyclic) bond motifs is 1. The SMILES string of the molecule is CCC(C)NC(=O)CN1CCN(C(=O)c2n[nH]c3ccc(C)cc23)CC1. The van der Waals surface area contributed by atoms with E-state index in [4.69, 9.17) is 0 Å². The van der Waals surface area contributed by atoms with Crippen LogP contribution in [0, 0.1) is 6.92 Å². The monoisotopic (exact) mass is 357 g/mol. The maximum Gasteiger partial charge on any atom is 0.275 e. The highest BCUT2D eigenvalue weighted by atomic mass is 16.2. The van der Waals surface area contributed by atoms with Crippen molar-refractivity contribution in [1.29, 1.82) is 0 Å². The zero-order valence-corrected chi connectivity index (χ0v) is 15.7. The summed E-state index contributed by atoms with van der Waals surface area (Å²) < 4.78 is 0. The number of carbonyl (C=O) groups is 2. The lowest BCUT2D eigenvalue weighted by Crippen LogP contribution is -2.51. The standard InChI is InChI=1S/C19H27N5O2/c1-4-14(3)20-17(25)12-23-7-9-24(10-8-23)19(26)18-15-11-13(2)5-6-16(15)21-22-18/h5-6,11,14H,4,7-10,12H2,1-3H3,(H,20,25)(H,21,22). The van der Waals surface area contributed by atoms with Crippen LogP contribution in [0.4, 0.5) is 0 Å². The van der Waals surface area contributed by atoms with Crippen molar-refractivity contribution in [3.05, 3.63) is 29.5 Å². The second-order valence-corrected chi connectivity index (χ2v) is 7.07. The number of hydrogen-bond donors (Lipinski definition) is 2. The van der Waals surface area contributed by atoms with Crippen molar-refractivity contribution >= 4 is 22.7 Å². The number of nitrogens with zero attached hydrogens (tertiary/aromatic N) is 3. The first kappa shape index (κ1) is 18.4. The molecule has 1 aliphatic rings. The predicted octanol–water partition coefficient (Wildman–Crippen LogP) is 1.54. The molecule has 1 aliphatic heterocycles. The lowest BCUT2D eigenvalue weighted by molar-refractivity contribution is -0.123. The van der Waals surface area contributed by atoms with Gasteiger partial charge in [-0.15, -0.1) is 0 Å². The second kappa shape index (κ2) is 7.86. The summed E-state index contributed by atoms with van der Waals surface area (Å²) in [6, 6.07) is 6.13. The summed E-state index contributed by atoms with van der Waals surface area (Å²) in [7, 11) is 0. The fourth-order valence-electron chi connectivity index (χ4n) is 3.18. The van der Waals surface area contributed by atoms with E-state index in [1.165, 1.54) is 0 Å². The average Bonchev–Trinajstić information content (AvgIpc) is 3.04. The van der Waals surface area contributed by atoms with E-state index in [-0.39, 0.29) is 17.9 Å². The Hall–Kier alpha value is -2.41. The van der Waals surface area contributed by atoms with Crippen LogP contribution in [0.25, 0.3) is 10.9 Å². The molecule has 0 aliphatic carbocycles. The quantitative estimate of drug-likeness (QED) is 0.851. The second-order valence-electron chi connectivity index (χ2n) is 7.07. The molecule has 140 valence electrons. The summed E-state index contributed by atoms with van der Waals surface area (Å²) in [5, 5.41) is 11.0. The Balaban J connectivity index is 1.58. The normalized spacial score (nSPS) is 16.7. The molecule has 1 saturated heterocycles. The van der Waals surface area contributed by atoms with E-state index in [1.54, 1.807) is 0 Å². The third-order valence-corrected chi connectivity index (χ3v) is 4.97. The third-order valence-electron chi connectivity index (χ3n) is 4.97. The number of piperazine rings is 1. The van der Waals surface area contributed by atoms with Gasteiger partial charge in [0.25, 0.3) is 5.91 Å². The smallest absolute Gasteiger partial charge is 0.275 e. The van der Waals surface area contributed by atoms with Crippen LogP contribution in [0.3, 0.4) is 0 Å². The molecule has 1 atom stereocenters. The van der Waals surface area contributed by atoms with Gasteiger partial charge in [-0.05, 0) is 32.4 Å². The van der Waals surface area contributed by atoms with Crippen LogP contribution in [0.2, 0.25) is 0 Å². The fourth-order valence-corrected chi connectivity index (χ4v) is 3.18. The number of benzene rings is 1. The molecule has 2 N–H and O–H groups in total. The zero-order valence-electron chi connectivity index (χ0n) is 15.7. The fraction of sp³-hybridized carbons (Fsp3) is 0.526. The molecule has 0 saturated carbocycles. The topological polar surface area (TPSA) is 81.3 Å². The maximum atomic E-state index is 12.8. The summed E-state index contributed by atoms with van der Waals surface area (Å²) >= 11 is 0. The minimum absolute atomic E-state index is 0.0490. The molecule has 7 nitrogen and oxygen atoms in total. The van der Waals surface area contributed by atoms with Crippen LogP contribution in [-0.4, -0.2) is 70.6 Å². The number of aryl methyl sites for hydroxylation is 1. The zero-order chi connectivity index (χ0) is 18.7. The summed E-state index contributed by atoms with van der Waals surface area (Å²) in [4.78, 5) is 28.8. The minimum Gasteiger partial charge on any atom is -0.353 e. The Morgan fingerprint density at radius 2 is 2.00 bits per heavy atom. The highest BCUT2D eigenvalue weighted by molar-refractivity contribution is 6.04. The Bertz CT molecular complexity index is 792. The van der Waals surface area contributed by atoms with Crippen LogP contribution in [0.1, 0.15) is 36.3 Å². The highest BCUT2D eigenvalue weighted by Crippen LogP contribution is 2.19. The van der Waals surface area contributed by atoms with Crippen molar-refractivity contribution in [2.45, 2.75) is 33.2 Å². The van der Waals surface area contributed by atoms with Gasteiger partial charge in [-0.2, -0.15) is 5.10 Å². The number of H-pyrrole nitrogens is 1. The minimum atomic E-state index is -0.0504. The molecular formula is C19H27N5O2. The third kappa shape index (κ3) is 4.04. The van der Waals surface area contributed by atoms with Gasteiger partial charge < -0.3 is 10.2 Å². The lowest BCUT2D eigenvalue weighted by Gasteiger charge is -2.34. The molecule has 0 bridgehead atoms. The van der Waals surface area contributed by atoms with Crippen LogP contribution >= 0.6 is 0 Å². The number of hydrogen-bond acceptors (Lipinski definition) is 4. The average molecular weight is 357 g/mol. The molecule has 1 aromatic carbocycles. The van der Waals surface area contributed by atoms with Crippen molar-refractivity contribution in [3.63, 3.8) is 0 Å². The van der Waals surface area contributed by atoms with Crippen molar-refractivity contribution in [2.24, 2.45) is 0 Å². The summed E-state index contributed by atoms with van der Waals surface area (Å²) in [5.41, 5.74) is 2.45. The van der Waals surface area contributed by atoms with Crippen molar-refractivity contribution in [3.8, 4) is 0 Å². The van der Waals surface area contributed by atoms with E-state index in [0.29, 0.717) is 38.4 Å². The largest absolute Gasteiger partial charge is 0.353 e. The van der Waals surface area contributed by atoms with E-state index < -0.39 is 0 Å². The molecule has 7 heteroatoms. The molecule has 2 aromatic rings. The maximum absolute atomic E-state index is 12.8. The number of aromatic amines is 1. The van der Waals surface area contributed by atoms with Gasteiger partial charge in [-0.1, -0.05) is 18.6 Å². The number of aromatic nitrogens is 2. The molecule has 0 radical (unpaired) electrons. The predicted molar refractivity (Wildman–Crippen MR) is 101 cm³/mol. The van der Waals surface area contributed by atoms with Crippen LogP contribution in [0.15, 0.2) is 18.2 Å². The molecule has 2 heterocycles. The number of rotatable bonds is 5. The lowest BCUT2D eigenvalue weighted by atomic mass is 10.1. The summed E-state index contributed by atoms with van der Waals surface area (Å²) in [5.74, 6) is -0.00143. The Morgan fingerprint density at radius 3 is 2.69 bits per heavy atom. The Kier molecular flexibility index (Phi) is 5.56. The molecule has 3 rings (SSSR count). The van der Waals surface area contributed by atoms with Gasteiger partial charge in [-0.3, -0.25) is 19.6 Å². The Labute approximate surface area is 153 Å². The molecule has 0 spiro atoms. The van der Waals surface area contributed by atoms with E-state index in [9.17, 15) is 9.59 Å². The van der Waals surface area contributed by atoms with Crippen LogP contribution in [0.5, 0.6) is 0 Å². The van der Waals surface area contributed by atoms with E-state index >= 15 is 0 Å². The number of amides is 2. The number of nitrogens with one attached hydrogen (secondary N) is 2. The molecule has 1 unspecified atom stereocenters. The highest BCUT2D eigenvalue weighted by Gasteiger charge is 2.26. The van der Waals surface area contributed by atoms with E-state index in [0.717, 1.165) is 22.9 Å². The summed E-state index contributed by atoms with van der Waals surface area (Å²) in [6.45, 7) is 9.05. The van der Waals surface area contributed by atoms with Gasteiger partial charge >= 0.3 is 0 Å². The number of carbonyl (C=O) groups excluding carboxylic acids is 2. The molecule has 1 fully saturated rings. The molecule has 26 heavy (non-hydrogen) atoms. The van der Waals surface area contributed by atoms with Crippen LogP contribution < -0.4 is 5.32 Å². The van der Waals surface area contributed by atoms with Gasteiger partial charge in [-0.25, -0.2) is 0 Å². The van der Waals surface area contributed by atoms with E-state index in [1.807, 2.05) is 36.9 Å². The van der Waals surface area contributed by atoms with Gasteiger partial charge in [0.15, 0.2) is 5.69 Å². The van der Waals surface area contributed by atoms with Gasteiger partial charge in [0.2, 0.25) is 5.91 Å². The molecule has 1 aromatic heterocycles. The van der Waals surface area contributed by atoms with Crippen molar-refractivity contribution in [1.82, 2.24) is 25.3 Å². The van der Waals surface area contributed by atoms with Gasteiger partial charge in [0, 0.05) is 37.6 Å². The molecular weight excluding hydrogens is 330 g/mol. The first-order chi connectivity index (χ1) is 12.5. The van der Waals surface area contributed by atoms with Crippen molar-refractivity contribution in [2.75, 3.05) is 32.7 Å². The molecule has 2 amide bonds. The van der Waals surface area contributed by atoms with Gasteiger partial charge in [0.1, 0.15) is 0 Å². The first-order valence-electron chi connectivity index (χ1n) is 9.23. The summed E-state index contributed by atoms with van der Waals surface area (Å²) in [6.07, 6.45) is 0.922. The van der Waals surface area contributed by atoms with Crippen LogP contribution in [-0.2, 0) is 4.79 Å². The van der Waals surface area contributed by atoms with E-state index in [2.05, 4.69) is 27.3 Å².